The standard InChI is InChI=1S/C29H29N8.C2H4O2.2Mn/c1-5-13-30-24(9-1)18-36(19-25-10-2-6-14-31-25)22-28-17-29(35-34-28)23-37(20-26-11-3-7-15-32-26)21-27-12-4-8-16-33-27;1-2(3)4;;/h1-17H,18-23H2;1H3,(H,3,4);;/q-1;;;+2. The molecule has 0 aliphatic heterocycles. The monoisotopic (exact) mass is 659 g/mol. The molecular weight excluding hydrogens is 626 g/mol. The van der Waals surface area contributed by atoms with Crippen LogP contribution in [0.15, 0.2) is 104 Å². The van der Waals surface area contributed by atoms with Gasteiger partial charge in [0.05, 0.1) is 22.8 Å². The van der Waals surface area contributed by atoms with E-state index in [1.54, 1.807) is 0 Å². The van der Waals surface area contributed by atoms with Gasteiger partial charge in [-0.1, -0.05) is 30.3 Å². The third-order valence-electron chi connectivity index (χ3n) is 5.86. The van der Waals surface area contributed by atoms with Gasteiger partial charge in [0.15, 0.2) is 0 Å². The van der Waals surface area contributed by atoms with Gasteiger partial charge in [-0.25, -0.2) is 0 Å². The Kier molecular flexibility index (Phi) is 16.0. The van der Waals surface area contributed by atoms with Crippen LogP contribution in [0.3, 0.4) is 0 Å². The van der Waals surface area contributed by atoms with E-state index in [2.05, 4.69) is 46.0 Å². The fourth-order valence-electron chi connectivity index (χ4n) is 4.21. The van der Waals surface area contributed by atoms with Crippen molar-refractivity contribution < 1.29 is 44.0 Å². The maximum absolute atomic E-state index is 9.00. The first kappa shape index (κ1) is 35.4. The summed E-state index contributed by atoms with van der Waals surface area (Å²) >= 11 is 0. The maximum atomic E-state index is 9.00. The van der Waals surface area contributed by atoms with Crippen LogP contribution < -0.4 is 5.10 Å². The number of carboxylic acid groups (broad SMARTS) is 1. The minimum absolute atomic E-state index is 0. The molecule has 5 heterocycles. The number of hydrogen-bond acceptors (Lipinski definition) is 8. The van der Waals surface area contributed by atoms with Crippen molar-refractivity contribution in [2.75, 3.05) is 0 Å². The van der Waals surface area contributed by atoms with Crippen LogP contribution in [-0.4, -0.2) is 45.9 Å². The maximum Gasteiger partial charge on any atom is 2.00 e. The molecule has 0 bridgehead atoms. The summed E-state index contributed by atoms with van der Waals surface area (Å²) in [6.45, 7) is 5.19. The number of nitrogens with zero attached hydrogens (tertiary/aromatic N) is 8. The molecule has 0 saturated carbocycles. The second-order valence-corrected chi connectivity index (χ2v) is 9.42. The zero-order valence-corrected chi connectivity index (χ0v) is 26.1. The fourth-order valence-corrected chi connectivity index (χ4v) is 4.21. The average molecular weight is 660 g/mol. The van der Waals surface area contributed by atoms with E-state index in [0.29, 0.717) is 39.3 Å². The molecule has 0 spiro atoms. The van der Waals surface area contributed by atoms with Crippen molar-refractivity contribution in [1.82, 2.24) is 39.9 Å². The van der Waals surface area contributed by atoms with E-state index < -0.39 is 5.97 Å². The van der Waals surface area contributed by atoms with Gasteiger partial charge >= 0.3 is 17.1 Å². The normalized spacial score (nSPS) is 10.3. The minimum atomic E-state index is -0.833. The molecule has 0 aliphatic carbocycles. The van der Waals surface area contributed by atoms with Gasteiger partial charge < -0.3 is 15.3 Å². The van der Waals surface area contributed by atoms with Crippen molar-refractivity contribution >= 4 is 5.97 Å². The first-order chi connectivity index (χ1) is 20.0. The number of carbonyl (C=O) groups is 1. The van der Waals surface area contributed by atoms with Crippen molar-refractivity contribution in [2.45, 2.75) is 46.2 Å². The molecule has 0 aliphatic rings. The molecule has 0 aromatic carbocycles. The summed E-state index contributed by atoms with van der Waals surface area (Å²) in [4.78, 5) is 31.6. The van der Waals surface area contributed by atoms with Gasteiger partial charge in [0.1, 0.15) is 0 Å². The Balaban J connectivity index is 0.00000101. The SMILES string of the molecule is CC(=O)O.[Mn+2].[Mn].c1ccc(CN(Cc2ccccn2)Cc2cc(CN(Cc3ccccn3)Cc3ccccn3)[n-]n2)nc1. The van der Waals surface area contributed by atoms with E-state index in [9.17, 15) is 0 Å². The molecule has 0 amide bonds. The van der Waals surface area contributed by atoms with E-state index in [4.69, 9.17) is 9.90 Å². The molecule has 5 rings (SSSR count). The second kappa shape index (κ2) is 19.4. The van der Waals surface area contributed by atoms with Crippen molar-refractivity contribution in [1.29, 1.82) is 0 Å². The van der Waals surface area contributed by atoms with Crippen molar-refractivity contribution in [2.24, 2.45) is 0 Å². The fraction of sp³-hybridized carbons (Fsp3) is 0.226. The minimum Gasteiger partial charge on any atom is -0.578 e. The van der Waals surface area contributed by atoms with Gasteiger partial charge in [0.25, 0.3) is 5.97 Å². The Morgan fingerprint density at radius 2 is 0.953 bits per heavy atom. The van der Waals surface area contributed by atoms with Crippen LogP contribution in [0.5, 0.6) is 0 Å². The van der Waals surface area contributed by atoms with Crippen LogP contribution in [0.2, 0.25) is 0 Å². The summed E-state index contributed by atoms with van der Waals surface area (Å²) in [7, 11) is 0. The zero-order chi connectivity index (χ0) is 28.7. The van der Waals surface area contributed by atoms with E-state index >= 15 is 0 Å². The van der Waals surface area contributed by atoms with Crippen LogP contribution in [0.25, 0.3) is 0 Å². The van der Waals surface area contributed by atoms with Gasteiger partial charge in [-0.15, -0.1) is 5.69 Å². The van der Waals surface area contributed by atoms with Crippen LogP contribution in [-0.2, 0) is 78.2 Å². The molecule has 10 nitrogen and oxygen atoms in total. The number of rotatable bonds is 12. The van der Waals surface area contributed by atoms with Gasteiger partial charge in [-0.2, -0.15) is 0 Å². The Bertz CT molecular complexity index is 1260. The van der Waals surface area contributed by atoms with E-state index in [-0.39, 0.29) is 34.1 Å². The van der Waals surface area contributed by atoms with Crippen LogP contribution >= 0.6 is 0 Å². The molecule has 0 atom stereocenters. The molecule has 5 aromatic rings. The Morgan fingerprint density at radius 1 is 0.628 bits per heavy atom. The summed E-state index contributed by atoms with van der Waals surface area (Å²) in [6, 6.07) is 26.0. The Morgan fingerprint density at radius 3 is 1.28 bits per heavy atom. The molecule has 5 aromatic heterocycles. The number of hydrogen-bond donors (Lipinski definition) is 1. The van der Waals surface area contributed by atoms with Crippen molar-refractivity contribution in [3.63, 3.8) is 0 Å². The third kappa shape index (κ3) is 13.4. The number of carboxylic acids is 1. The smallest absolute Gasteiger partial charge is 0.578 e. The predicted molar refractivity (Wildman–Crippen MR) is 154 cm³/mol. The molecule has 12 heteroatoms. The zero-order valence-electron chi connectivity index (χ0n) is 23.7. The second-order valence-electron chi connectivity index (χ2n) is 9.42. The molecular formula is C31H33Mn2N8O2+. The van der Waals surface area contributed by atoms with E-state index in [0.717, 1.165) is 41.1 Å². The Hall–Kier alpha value is -3.76. The van der Waals surface area contributed by atoms with Crippen LogP contribution in [0.4, 0.5) is 0 Å². The van der Waals surface area contributed by atoms with Crippen molar-refractivity contribution in [3.8, 4) is 0 Å². The first-order valence-electron chi connectivity index (χ1n) is 13.3. The van der Waals surface area contributed by atoms with Gasteiger partial charge in [-0.05, 0) is 48.5 Å². The number of pyridine rings is 4. The number of aliphatic carboxylic acids is 1. The topological polar surface area (TPSA) is 122 Å². The molecule has 222 valence electrons. The van der Waals surface area contributed by atoms with E-state index in [1.807, 2.05) is 97.6 Å². The molecule has 43 heavy (non-hydrogen) atoms. The van der Waals surface area contributed by atoms with Gasteiger partial charge in [0.2, 0.25) is 0 Å². The number of aromatic nitrogens is 6. The van der Waals surface area contributed by atoms with Crippen LogP contribution in [0, 0.1) is 0 Å². The van der Waals surface area contributed by atoms with Crippen molar-refractivity contribution in [3.05, 3.63) is 138 Å². The Labute approximate surface area is 273 Å². The molecule has 1 N–H and O–H groups in total. The molecule has 0 unspecified atom stereocenters. The summed E-state index contributed by atoms with van der Waals surface area (Å²) in [5.41, 5.74) is 5.89. The first-order valence-corrected chi connectivity index (χ1v) is 13.3. The van der Waals surface area contributed by atoms with E-state index in [1.165, 1.54) is 0 Å². The molecule has 2 radical (unpaired) electrons. The van der Waals surface area contributed by atoms with Gasteiger partial charge in [0, 0.05) is 93.7 Å². The largest absolute Gasteiger partial charge is 2.00 e. The average Bonchev–Trinajstić information content (AvgIpc) is 3.41. The van der Waals surface area contributed by atoms with Gasteiger partial charge in [-0.3, -0.25) is 34.5 Å². The summed E-state index contributed by atoms with van der Waals surface area (Å²) in [5, 5.41) is 16.4. The molecule has 0 fully saturated rings. The summed E-state index contributed by atoms with van der Waals surface area (Å²) in [6.07, 6.45) is 7.30. The summed E-state index contributed by atoms with van der Waals surface area (Å²) in [5.74, 6) is -0.833. The quantitative estimate of drug-likeness (QED) is 0.196. The molecule has 0 saturated heterocycles. The third-order valence-corrected chi connectivity index (χ3v) is 5.86. The summed E-state index contributed by atoms with van der Waals surface area (Å²) < 4.78 is 0. The van der Waals surface area contributed by atoms with Crippen LogP contribution in [0.1, 0.15) is 41.1 Å². The predicted octanol–water partition coefficient (Wildman–Crippen LogP) is 4.11.